The maximum atomic E-state index is 11.5. The molecule has 0 aliphatic heterocycles. The van der Waals surface area contributed by atoms with E-state index < -0.39 is 11.6 Å². The Labute approximate surface area is 251 Å². The van der Waals surface area contributed by atoms with Crippen molar-refractivity contribution >= 4 is 52.4 Å². The number of pyridine rings is 1. The number of hydrogen-bond donors (Lipinski definition) is 2. The van der Waals surface area contributed by atoms with E-state index in [1.54, 1.807) is 0 Å². The molecule has 4 nitrogen and oxygen atoms in total. The number of thioether (sulfide) groups is 1. The number of carbonyl (C=O) groups is 1. The molecule has 1 heterocycles. The average molecular weight is 586 g/mol. The zero-order valence-electron chi connectivity index (χ0n) is 23.5. The van der Waals surface area contributed by atoms with Gasteiger partial charge in [-0.15, -0.1) is 0 Å². The lowest BCUT2D eigenvalue weighted by Gasteiger charge is -2.23. The van der Waals surface area contributed by atoms with Crippen LogP contribution in [0.25, 0.3) is 23.1 Å². The molecule has 1 saturated carbocycles. The fourth-order valence-electron chi connectivity index (χ4n) is 5.21. The maximum absolute atomic E-state index is 11.5. The molecule has 3 aromatic carbocycles. The minimum absolute atomic E-state index is 0.0867. The molecule has 0 spiro atoms. The predicted octanol–water partition coefficient (Wildman–Crippen LogP) is 8.95. The van der Waals surface area contributed by atoms with Crippen LogP contribution in [0.15, 0.2) is 78.9 Å². The van der Waals surface area contributed by atoms with Gasteiger partial charge in [0.2, 0.25) is 0 Å². The molecular weight excluding hydrogens is 550 g/mol. The van der Waals surface area contributed by atoms with Gasteiger partial charge in [0, 0.05) is 21.4 Å². The molecule has 1 aromatic heterocycles. The van der Waals surface area contributed by atoms with Gasteiger partial charge in [0.15, 0.2) is 0 Å². The van der Waals surface area contributed by atoms with Crippen LogP contribution in [0.1, 0.15) is 72.7 Å². The highest BCUT2D eigenvalue weighted by atomic mass is 35.5. The molecule has 2 N–H and O–H groups in total. The van der Waals surface area contributed by atoms with Crippen molar-refractivity contribution in [2.45, 2.75) is 56.8 Å². The molecule has 0 amide bonds. The lowest BCUT2D eigenvalue weighted by atomic mass is 9.94. The molecule has 0 unspecified atom stereocenters. The van der Waals surface area contributed by atoms with Gasteiger partial charge in [-0.1, -0.05) is 78.3 Å². The molecule has 6 heteroatoms. The van der Waals surface area contributed by atoms with Crippen LogP contribution in [0, 0.1) is 5.41 Å². The minimum atomic E-state index is -0.890. The van der Waals surface area contributed by atoms with Crippen LogP contribution in [0.5, 0.6) is 0 Å². The summed E-state index contributed by atoms with van der Waals surface area (Å²) in [4.78, 5) is 16.3. The third-order valence-corrected chi connectivity index (χ3v) is 9.76. The fraction of sp³-hybridized carbons (Fsp3) is 0.314. The number of rotatable bonds is 12. The maximum Gasteiger partial charge on any atom is 0.303 e. The number of hydrogen-bond acceptors (Lipinski definition) is 4. The minimum Gasteiger partial charge on any atom is -0.481 e. The Hall–Kier alpha value is -3.12. The van der Waals surface area contributed by atoms with E-state index in [2.05, 4.69) is 48.5 Å². The van der Waals surface area contributed by atoms with Gasteiger partial charge in [-0.25, -0.2) is 4.98 Å². The SMILES string of the molecule is CC(C)(O)c1cccc(CC[C@@H](SCC2(CC(=O)O)CC2)c2ccccc2/C=C/c2ccc3ccc(Cl)cc3n2)c1. The molecule has 0 saturated heterocycles. The standard InChI is InChI=1S/C35H36ClNO3S/c1-34(2,40)27-8-5-6-24(20-27)10-17-32(41-23-35(18-19-35)22-33(38)39)30-9-4-3-7-25(30)12-15-29-16-13-26-11-14-28(36)21-31(26)37-29/h3-9,11-16,20-21,32,40H,10,17-19,22-23H2,1-2H3,(H,38,39)/b15-12+/t32-/m1/s1. The number of aliphatic hydroxyl groups is 1. The Kier molecular flexibility index (Phi) is 8.88. The molecule has 1 atom stereocenters. The number of benzene rings is 3. The normalized spacial score (nSPS) is 15.3. The van der Waals surface area contributed by atoms with Gasteiger partial charge in [-0.2, -0.15) is 11.8 Å². The summed E-state index contributed by atoms with van der Waals surface area (Å²) < 4.78 is 0. The third kappa shape index (κ3) is 7.79. The van der Waals surface area contributed by atoms with Crippen LogP contribution in [-0.2, 0) is 16.8 Å². The zero-order valence-corrected chi connectivity index (χ0v) is 25.1. The molecule has 4 aromatic rings. The number of aromatic nitrogens is 1. The van der Waals surface area contributed by atoms with E-state index in [9.17, 15) is 15.0 Å². The summed E-state index contributed by atoms with van der Waals surface area (Å²) in [6, 6.07) is 26.4. The first kappa shape index (κ1) is 29.4. The van der Waals surface area contributed by atoms with Crippen LogP contribution >= 0.6 is 23.4 Å². The Morgan fingerprint density at radius 2 is 1.83 bits per heavy atom. The van der Waals surface area contributed by atoms with Gasteiger partial charge < -0.3 is 10.2 Å². The Morgan fingerprint density at radius 3 is 2.59 bits per heavy atom. The molecule has 1 aliphatic rings. The van der Waals surface area contributed by atoms with Crippen LogP contribution in [0.4, 0.5) is 0 Å². The first-order valence-corrected chi connectivity index (χ1v) is 15.5. The van der Waals surface area contributed by atoms with Crippen molar-refractivity contribution in [3.05, 3.63) is 112 Å². The monoisotopic (exact) mass is 585 g/mol. The van der Waals surface area contributed by atoms with Crippen molar-refractivity contribution in [2.24, 2.45) is 5.41 Å². The van der Waals surface area contributed by atoms with Gasteiger partial charge in [0.05, 0.1) is 23.2 Å². The zero-order chi connectivity index (χ0) is 29.0. The molecule has 5 rings (SSSR count). The van der Waals surface area contributed by atoms with Crippen LogP contribution < -0.4 is 0 Å². The molecule has 0 radical (unpaired) electrons. The second kappa shape index (κ2) is 12.4. The Balaban J connectivity index is 1.40. The van der Waals surface area contributed by atoms with E-state index in [0.29, 0.717) is 5.02 Å². The average Bonchev–Trinajstić information content (AvgIpc) is 3.70. The second-order valence-electron chi connectivity index (χ2n) is 11.7. The van der Waals surface area contributed by atoms with Gasteiger partial charge in [-0.3, -0.25) is 4.79 Å². The van der Waals surface area contributed by atoms with Crippen molar-refractivity contribution in [2.75, 3.05) is 5.75 Å². The highest BCUT2D eigenvalue weighted by molar-refractivity contribution is 7.99. The number of carboxylic acid groups (broad SMARTS) is 1. The Bertz CT molecular complexity index is 1570. The summed E-state index contributed by atoms with van der Waals surface area (Å²) in [6.45, 7) is 3.62. The largest absolute Gasteiger partial charge is 0.481 e. The number of carboxylic acids is 1. The van der Waals surface area contributed by atoms with E-state index in [1.165, 1.54) is 11.1 Å². The van der Waals surface area contributed by atoms with E-state index in [1.807, 2.05) is 68.1 Å². The van der Waals surface area contributed by atoms with Crippen LogP contribution in [-0.4, -0.2) is 26.9 Å². The molecule has 41 heavy (non-hydrogen) atoms. The second-order valence-corrected chi connectivity index (χ2v) is 13.3. The topological polar surface area (TPSA) is 70.4 Å². The molecule has 1 fully saturated rings. The lowest BCUT2D eigenvalue weighted by molar-refractivity contribution is -0.138. The van der Waals surface area contributed by atoms with Gasteiger partial charge >= 0.3 is 5.97 Å². The highest BCUT2D eigenvalue weighted by Gasteiger charge is 2.44. The van der Waals surface area contributed by atoms with E-state index in [4.69, 9.17) is 16.6 Å². The lowest BCUT2D eigenvalue weighted by Crippen LogP contribution is -2.15. The third-order valence-electron chi connectivity index (χ3n) is 7.85. The van der Waals surface area contributed by atoms with E-state index in [0.717, 1.165) is 59.2 Å². The van der Waals surface area contributed by atoms with Gasteiger partial charge in [-0.05, 0) is 91.5 Å². The quantitative estimate of drug-likeness (QED) is 0.174. The Morgan fingerprint density at radius 1 is 1.05 bits per heavy atom. The molecule has 0 bridgehead atoms. The van der Waals surface area contributed by atoms with Crippen LogP contribution in [0.3, 0.4) is 0 Å². The fourth-order valence-corrected chi connectivity index (χ4v) is 7.00. The number of nitrogens with zero attached hydrogens (tertiary/aromatic N) is 1. The number of halogens is 1. The van der Waals surface area contributed by atoms with Gasteiger partial charge in [0.1, 0.15) is 0 Å². The van der Waals surface area contributed by atoms with E-state index >= 15 is 0 Å². The first-order valence-electron chi connectivity index (χ1n) is 14.1. The summed E-state index contributed by atoms with van der Waals surface area (Å²) in [5.74, 6) is 0.120. The van der Waals surface area contributed by atoms with Crippen molar-refractivity contribution in [3.8, 4) is 0 Å². The summed E-state index contributed by atoms with van der Waals surface area (Å²) in [6.07, 6.45) is 8.12. The highest BCUT2D eigenvalue weighted by Crippen LogP contribution is 2.53. The summed E-state index contributed by atoms with van der Waals surface area (Å²) in [5, 5.41) is 21.9. The van der Waals surface area contributed by atoms with Crippen molar-refractivity contribution < 1.29 is 15.0 Å². The van der Waals surface area contributed by atoms with E-state index in [-0.39, 0.29) is 17.1 Å². The summed E-state index contributed by atoms with van der Waals surface area (Å²) in [5.41, 5.74) is 5.21. The summed E-state index contributed by atoms with van der Waals surface area (Å²) >= 11 is 8.07. The van der Waals surface area contributed by atoms with Crippen LogP contribution in [0.2, 0.25) is 5.02 Å². The van der Waals surface area contributed by atoms with Crippen molar-refractivity contribution in [1.29, 1.82) is 0 Å². The number of aryl methyl sites for hydroxylation is 1. The molecule has 1 aliphatic carbocycles. The van der Waals surface area contributed by atoms with Crippen molar-refractivity contribution in [1.82, 2.24) is 4.98 Å². The smallest absolute Gasteiger partial charge is 0.303 e. The van der Waals surface area contributed by atoms with Crippen molar-refractivity contribution in [3.63, 3.8) is 0 Å². The summed E-state index contributed by atoms with van der Waals surface area (Å²) in [7, 11) is 0. The predicted molar refractivity (Wildman–Crippen MR) is 171 cm³/mol. The number of fused-ring (bicyclic) bond motifs is 1. The molecular formula is C35H36ClNO3S. The van der Waals surface area contributed by atoms with Gasteiger partial charge in [0.25, 0.3) is 0 Å². The number of aliphatic carboxylic acids is 1. The first-order chi connectivity index (χ1) is 19.6. The molecule has 212 valence electrons.